The number of ether oxygens (including phenoxy) is 1. The van der Waals surface area contributed by atoms with Gasteiger partial charge in [0.05, 0.1) is 12.6 Å². The van der Waals surface area contributed by atoms with E-state index in [1.54, 1.807) is 0 Å². The Kier molecular flexibility index (Phi) is 5.60. The molecule has 0 bridgehead atoms. The first-order valence-electron chi connectivity index (χ1n) is 9.15. The zero-order valence-electron chi connectivity index (χ0n) is 16.8. The van der Waals surface area contributed by atoms with Gasteiger partial charge < -0.3 is 16.2 Å². The summed E-state index contributed by atoms with van der Waals surface area (Å²) < 4.78 is 88.5. The number of primary amides is 1. The Balaban J connectivity index is 2.23. The summed E-state index contributed by atoms with van der Waals surface area (Å²) in [5.41, 5.74) is 4.30. The predicted molar refractivity (Wildman–Crippen MR) is 103 cm³/mol. The first-order chi connectivity index (χ1) is 14.7. The van der Waals surface area contributed by atoms with Gasteiger partial charge >= 0.3 is 6.61 Å². The highest BCUT2D eigenvalue weighted by Crippen LogP contribution is 2.50. The Morgan fingerprint density at radius 2 is 1.84 bits per heavy atom. The lowest BCUT2D eigenvalue weighted by Crippen LogP contribution is -2.56. The number of halogens is 6. The summed E-state index contributed by atoms with van der Waals surface area (Å²) in [6.45, 7) is -1.48. The average molecular weight is 460 g/mol. The number of aromatic nitrogens is 1. The molecule has 1 aromatic heterocycles. The zero-order valence-corrected chi connectivity index (χ0v) is 16.8. The summed E-state index contributed by atoms with van der Waals surface area (Å²) in [6.07, 6.45) is -0.523. The van der Waals surface area contributed by atoms with E-state index >= 15 is 0 Å². The van der Waals surface area contributed by atoms with Crippen LogP contribution in [-0.2, 0) is 5.54 Å². The molecule has 2 aromatic rings. The number of aliphatic imine (C=N–C) groups is 1. The van der Waals surface area contributed by atoms with E-state index in [0.717, 1.165) is 44.3 Å². The summed E-state index contributed by atoms with van der Waals surface area (Å²) in [4.78, 5) is 19.0. The zero-order chi connectivity index (χ0) is 24.1. The van der Waals surface area contributed by atoms with E-state index in [0.29, 0.717) is 0 Å². The number of carbonyl (C=O) groups excluding carboxylic acids is 1. The van der Waals surface area contributed by atoms with Gasteiger partial charge in [0.25, 0.3) is 11.8 Å². The van der Waals surface area contributed by atoms with Crippen LogP contribution in [-0.4, -0.2) is 34.9 Å². The van der Waals surface area contributed by atoms with Crippen molar-refractivity contribution in [2.24, 2.45) is 16.5 Å². The van der Waals surface area contributed by atoms with Gasteiger partial charge in [0.1, 0.15) is 23.1 Å². The minimum atomic E-state index is -3.86. The van der Waals surface area contributed by atoms with Crippen LogP contribution >= 0.6 is 0 Å². The molecule has 1 amide bonds. The fourth-order valence-corrected chi connectivity index (χ4v) is 3.47. The molecule has 0 fully saturated rings. The van der Waals surface area contributed by atoms with Gasteiger partial charge in [-0.15, -0.1) is 0 Å². The van der Waals surface area contributed by atoms with Crippen LogP contribution in [0.2, 0.25) is 0 Å². The largest absolute Gasteiger partial charge is 0.433 e. The first-order valence-corrected chi connectivity index (χ1v) is 9.15. The highest BCUT2D eigenvalue weighted by molar-refractivity contribution is 5.98. The van der Waals surface area contributed by atoms with Crippen LogP contribution in [0, 0.1) is 5.82 Å². The Labute approximate surface area is 178 Å². The van der Waals surface area contributed by atoms with Gasteiger partial charge in [-0.1, -0.05) is 6.07 Å². The van der Waals surface area contributed by atoms with E-state index in [1.165, 1.54) is 0 Å². The van der Waals surface area contributed by atoms with Crippen molar-refractivity contribution in [2.75, 3.05) is 0 Å². The number of alkyl halides is 5. The van der Waals surface area contributed by atoms with Gasteiger partial charge in [0.15, 0.2) is 11.2 Å². The summed E-state index contributed by atoms with van der Waals surface area (Å²) in [5.74, 6) is -7.20. The van der Waals surface area contributed by atoms with E-state index in [4.69, 9.17) is 11.5 Å². The average Bonchev–Trinajstić information content (AvgIpc) is 2.65. The Morgan fingerprint density at radius 3 is 2.44 bits per heavy atom. The molecular weight excluding hydrogens is 442 g/mol. The number of hydrogen-bond donors (Lipinski definition) is 2. The van der Waals surface area contributed by atoms with Gasteiger partial charge in [-0.05, 0) is 37.6 Å². The molecule has 1 aliphatic heterocycles. The molecule has 0 aliphatic carbocycles. The van der Waals surface area contributed by atoms with Crippen molar-refractivity contribution in [1.82, 2.24) is 4.98 Å². The summed E-state index contributed by atoms with van der Waals surface area (Å²) >= 11 is 0. The van der Waals surface area contributed by atoms with Crippen molar-refractivity contribution in [3.05, 3.63) is 47.5 Å². The first kappa shape index (κ1) is 23.4. The number of amidine groups is 1. The fourth-order valence-electron chi connectivity index (χ4n) is 3.47. The number of nitrogens with zero attached hydrogens (tertiary/aromatic N) is 2. The smallest absolute Gasteiger partial charge is 0.387 e. The van der Waals surface area contributed by atoms with E-state index < -0.39 is 64.7 Å². The molecule has 1 aromatic carbocycles. The van der Waals surface area contributed by atoms with Gasteiger partial charge in [0.2, 0.25) is 0 Å². The summed E-state index contributed by atoms with van der Waals surface area (Å²) in [7, 11) is 0. The molecule has 0 spiro atoms. The molecule has 32 heavy (non-hydrogen) atoms. The molecule has 0 saturated carbocycles. The number of nitrogens with two attached hydrogens (primary N) is 2. The molecule has 3 rings (SSSR count). The van der Waals surface area contributed by atoms with E-state index in [1.807, 2.05) is 0 Å². The van der Waals surface area contributed by atoms with Crippen molar-refractivity contribution in [2.45, 2.75) is 44.0 Å². The van der Waals surface area contributed by atoms with Crippen LogP contribution in [0.3, 0.4) is 0 Å². The molecule has 2 heterocycles. The molecule has 4 N–H and O–H groups in total. The van der Waals surface area contributed by atoms with Crippen LogP contribution in [0.4, 0.5) is 26.3 Å². The highest BCUT2D eigenvalue weighted by Gasteiger charge is 2.60. The van der Waals surface area contributed by atoms with Crippen molar-refractivity contribution in [3.8, 4) is 16.9 Å². The van der Waals surface area contributed by atoms with Crippen LogP contribution in [0.5, 0.6) is 5.75 Å². The summed E-state index contributed by atoms with van der Waals surface area (Å²) in [6, 6.07) is 3.82. The number of rotatable bonds is 5. The van der Waals surface area contributed by atoms with E-state index in [9.17, 15) is 31.1 Å². The summed E-state index contributed by atoms with van der Waals surface area (Å²) in [5, 5.41) is 0. The third kappa shape index (κ3) is 3.96. The lowest BCUT2D eigenvalue weighted by Gasteiger charge is -2.42. The molecule has 12 heteroatoms. The molecule has 2 unspecified atom stereocenters. The van der Waals surface area contributed by atoms with Gasteiger partial charge in [0, 0.05) is 11.1 Å². The maximum Gasteiger partial charge on any atom is 0.387 e. The lowest BCUT2D eigenvalue weighted by atomic mass is 9.77. The van der Waals surface area contributed by atoms with Crippen LogP contribution in [0.15, 0.2) is 35.5 Å². The SMILES string of the molecule is CC1(F)CC(F)(F)C(C)(c2cc(-c3cc(OC(F)F)cnc3C(N)=O)ccc2F)N=C1N. The second kappa shape index (κ2) is 7.68. The maximum atomic E-state index is 15.0. The lowest BCUT2D eigenvalue weighted by molar-refractivity contribution is -0.106. The van der Waals surface area contributed by atoms with Crippen LogP contribution in [0.25, 0.3) is 11.1 Å². The minimum absolute atomic E-state index is 0.0678. The third-order valence-corrected chi connectivity index (χ3v) is 5.27. The van der Waals surface area contributed by atoms with Crippen molar-refractivity contribution < 1.29 is 35.9 Å². The Morgan fingerprint density at radius 1 is 1.19 bits per heavy atom. The van der Waals surface area contributed by atoms with Gasteiger partial charge in [-0.3, -0.25) is 9.79 Å². The van der Waals surface area contributed by atoms with Crippen molar-refractivity contribution in [1.29, 1.82) is 0 Å². The topological polar surface area (TPSA) is 104 Å². The molecule has 6 nitrogen and oxygen atoms in total. The molecule has 172 valence electrons. The highest BCUT2D eigenvalue weighted by atomic mass is 19.3. The van der Waals surface area contributed by atoms with Crippen molar-refractivity contribution in [3.63, 3.8) is 0 Å². The van der Waals surface area contributed by atoms with E-state index in [-0.39, 0.29) is 11.1 Å². The number of benzene rings is 1. The quantitative estimate of drug-likeness (QED) is 0.660. The van der Waals surface area contributed by atoms with Crippen LogP contribution < -0.4 is 16.2 Å². The Hall–Kier alpha value is -3.31. The predicted octanol–water partition coefficient (Wildman–Crippen LogP) is 3.93. The molecule has 0 saturated heterocycles. The normalized spacial score (nSPS) is 24.8. The maximum absolute atomic E-state index is 15.0. The third-order valence-electron chi connectivity index (χ3n) is 5.27. The Bertz CT molecular complexity index is 1110. The number of pyridine rings is 1. The second-order valence-corrected chi connectivity index (χ2v) is 7.65. The number of carbonyl (C=O) groups is 1. The van der Waals surface area contributed by atoms with Gasteiger partial charge in [-0.2, -0.15) is 8.78 Å². The monoisotopic (exact) mass is 460 g/mol. The second-order valence-electron chi connectivity index (χ2n) is 7.65. The van der Waals surface area contributed by atoms with E-state index in [2.05, 4.69) is 14.7 Å². The molecular formula is C20H18F6N4O2. The number of hydrogen-bond acceptors (Lipinski definition) is 5. The minimum Gasteiger partial charge on any atom is -0.433 e. The number of amides is 1. The molecule has 1 aliphatic rings. The molecule has 2 atom stereocenters. The standard InChI is InChI=1S/C20H18F6N4O2/c1-18(24)8-20(25,26)19(2,30-16(18)28)12-5-9(3-4-13(12)21)11-6-10(32-17(22)23)7-29-14(11)15(27)31/h3-7,17H,8H2,1-2H3,(H2,27,31)(H2,28,30). The van der Waals surface area contributed by atoms with Crippen molar-refractivity contribution >= 4 is 11.7 Å². The van der Waals surface area contributed by atoms with Gasteiger partial charge in [-0.25, -0.2) is 22.5 Å². The van der Waals surface area contributed by atoms with Crippen LogP contribution in [0.1, 0.15) is 36.3 Å². The fraction of sp³-hybridized carbons (Fsp3) is 0.350. The molecule has 0 radical (unpaired) electrons.